The molecule has 1 fully saturated rings. The molecule has 0 bridgehead atoms. The van der Waals surface area contributed by atoms with Crippen molar-refractivity contribution in [3.63, 3.8) is 0 Å². The van der Waals surface area contributed by atoms with Crippen LogP contribution in [-0.2, 0) is 28.6 Å². The Morgan fingerprint density at radius 2 is 1.57 bits per heavy atom. The Kier molecular flexibility index (Phi) is 18.5. The van der Waals surface area contributed by atoms with Crippen molar-refractivity contribution in [1.82, 2.24) is 20.0 Å². The first kappa shape index (κ1) is 36.5. The van der Waals surface area contributed by atoms with E-state index in [0.29, 0.717) is 57.9 Å². The number of nitrogens with one attached hydrogen (secondary N) is 1. The van der Waals surface area contributed by atoms with E-state index < -0.39 is 42.6 Å². The molecule has 0 spiro atoms. The molecule has 5 N–H and O–H groups in total. The number of ether oxygens (including phenoxy) is 3. The first-order chi connectivity index (χ1) is 19.0. The molecule has 0 aliphatic carbocycles. The third kappa shape index (κ3) is 14.9. The van der Waals surface area contributed by atoms with E-state index >= 15 is 0 Å². The third-order valence-corrected chi connectivity index (χ3v) is 7.45. The number of carbonyl (C=O) groups excluding carboxylic acids is 1. The number of hydrogen-bond donors (Lipinski definition) is 5. The molecule has 0 aromatic rings. The Morgan fingerprint density at radius 3 is 2.20 bits per heavy atom. The van der Waals surface area contributed by atoms with Crippen LogP contribution in [0.2, 0.25) is 0 Å². The number of carboxylic acids is 2. The fourth-order valence-electron chi connectivity index (χ4n) is 4.09. The molecule has 0 aromatic heterocycles. The minimum absolute atomic E-state index is 0.0330. The first-order valence-electron chi connectivity index (χ1n) is 13.5. The molecule has 0 radical (unpaired) electrons. The Bertz CT molecular complexity index is 750. The molecule has 1 amide bonds. The maximum atomic E-state index is 12.4. The van der Waals surface area contributed by atoms with E-state index in [1.54, 1.807) is 28.6 Å². The lowest BCUT2D eigenvalue weighted by Gasteiger charge is -2.41. The summed E-state index contributed by atoms with van der Waals surface area (Å²) in [5.74, 6) is -0.733. The largest absolute Gasteiger partial charge is 0.480 e. The number of carbonyl (C=O) groups is 3. The van der Waals surface area contributed by atoms with E-state index in [2.05, 4.69) is 5.32 Å². The van der Waals surface area contributed by atoms with Gasteiger partial charge in [0.1, 0.15) is 18.3 Å². The van der Waals surface area contributed by atoms with Crippen molar-refractivity contribution in [3.05, 3.63) is 0 Å². The number of rotatable bonds is 22. The van der Waals surface area contributed by atoms with E-state index in [-0.39, 0.29) is 25.5 Å². The van der Waals surface area contributed by atoms with Crippen molar-refractivity contribution in [3.8, 4) is 0 Å². The smallest absolute Gasteiger partial charge is 0.317 e. The molecule has 0 saturated carbocycles. The second kappa shape index (κ2) is 20.3. The van der Waals surface area contributed by atoms with Gasteiger partial charge in [-0.2, -0.15) is 11.8 Å². The van der Waals surface area contributed by atoms with Crippen LogP contribution in [0, 0.1) is 0 Å². The molecule has 1 heterocycles. The summed E-state index contributed by atoms with van der Waals surface area (Å²) in [6.45, 7) is 4.39. The number of likely N-dealkylation sites (N-methyl/N-ethyl adjacent to an activating group) is 2. The van der Waals surface area contributed by atoms with Crippen molar-refractivity contribution in [1.29, 1.82) is 0 Å². The van der Waals surface area contributed by atoms with Gasteiger partial charge in [0.2, 0.25) is 5.91 Å². The number of aliphatic hydroxyl groups is 2. The summed E-state index contributed by atoms with van der Waals surface area (Å²) in [5.41, 5.74) is 0. The summed E-state index contributed by atoms with van der Waals surface area (Å²) in [6.07, 6.45) is -2.94. The lowest BCUT2D eigenvalue weighted by atomic mass is 9.97. The monoisotopic (exact) mass is 596 g/mol. The molecular formula is C25H48N4O10S. The number of amides is 1. The van der Waals surface area contributed by atoms with Crippen molar-refractivity contribution in [2.24, 2.45) is 0 Å². The standard InChI is InChI=1S/C25H48N4O10S/c1-5-18-22(35)23(36)24(25(37-4)39-18)38-12-6-13-40-14-7-26-19(30)15-29(17-21(33)34)11-10-27(2)8-9-28(3)16-20(31)32/h18,22-25,35-36H,5-17H2,1-4H3,(H,26,30)(H,31,32)(H,33,34)/t18?,22-,23+,24+,25?/m1/s1. The highest BCUT2D eigenvalue weighted by Gasteiger charge is 2.44. The van der Waals surface area contributed by atoms with Crippen LogP contribution in [0.5, 0.6) is 0 Å². The summed E-state index contributed by atoms with van der Waals surface area (Å²) in [5, 5.41) is 41.4. The van der Waals surface area contributed by atoms with Gasteiger partial charge in [-0.25, -0.2) is 0 Å². The number of thioether (sulfide) groups is 1. The molecule has 1 saturated heterocycles. The van der Waals surface area contributed by atoms with Crippen molar-refractivity contribution >= 4 is 29.6 Å². The first-order valence-corrected chi connectivity index (χ1v) is 14.7. The van der Waals surface area contributed by atoms with Crippen LogP contribution in [-0.4, -0.2) is 175 Å². The summed E-state index contributed by atoms with van der Waals surface area (Å²) < 4.78 is 16.7. The highest BCUT2D eigenvalue weighted by Crippen LogP contribution is 2.25. The van der Waals surface area contributed by atoms with Gasteiger partial charge in [-0.05, 0) is 32.7 Å². The van der Waals surface area contributed by atoms with Gasteiger partial charge >= 0.3 is 11.9 Å². The predicted octanol–water partition coefficient (Wildman–Crippen LogP) is -1.55. The van der Waals surface area contributed by atoms with Crippen LogP contribution in [0.3, 0.4) is 0 Å². The van der Waals surface area contributed by atoms with Crippen LogP contribution in [0.25, 0.3) is 0 Å². The van der Waals surface area contributed by atoms with Gasteiger partial charge in [0.25, 0.3) is 0 Å². The van der Waals surface area contributed by atoms with Gasteiger partial charge in [0.15, 0.2) is 6.29 Å². The molecule has 40 heavy (non-hydrogen) atoms. The number of aliphatic carboxylic acids is 2. The van der Waals surface area contributed by atoms with Gasteiger partial charge in [0.05, 0.1) is 25.7 Å². The van der Waals surface area contributed by atoms with E-state index in [9.17, 15) is 29.7 Å². The van der Waals surface area contributed by atoms with Gasteiger partial charge < -0.3 is 44.9 Å². The van der Waals surface area contributed by atoms with Crippen LogP contribution >= 0.6 is 11.8 Å². The van der Waals surface area contributed by atoms with Gasteiger partial charge in [-0.1, -0.05) is 6.92 Å². The molecule has 0 aromatic carbocycles. The normalized spacial score (nSPS) is 23.2. The lowest BCUT2D eigenvalue weighted by molar-refractivity contribution is -0.299. The van der Waals surface area contributed by atoms with Crippen molar-refractivity contribution < 1.29 is 49.0 Å². The number of methoxy groups -OCH3 is 1. The summed E-state index contributed by atoms with van der Waals surface area (Å²) in [4.78, 5) is 39.6. The summed E-state index contributed by atoms with van der Waals surface area (Å²) >= 11 is 1.62. The Hall–Kier alpha value is -1.56. The molecular weight excluding hydrogens is 548 g/mol. The Morgan fingerprint density at radius 1 is 0.925 bits per heavy atom. The van der Waals surface area contributed by atoms with Crippen molar-refractivity contribution in [2.75, 3.05) is 91.7 Å². The zero-order valence-corrected chi connectivity index (χ0v) is 24.9. The Balaban J connectivity index is 2.24. The Labute approximate surface area is 240 Å². The molecule has 2 unspecified atom stereocenters. The SMILES string of the molecule is CCC1OC(OC)[C@@H](OCCCSCCNC(=O)CN(CCN(C)CCN(C)CC(=O)O)CC(=O)O)[C@@H](O)[C@@H]1O. The molecule has 1 aliphatic heterocycles. The number of aliphatic hydroxyl groups excluding tert-OH is 2. The van der Waals surface area contributed by atoms with Crippen LogP contribution in [0.15, 0.2) is 0 Å². The number of carboxylic acid groups (broad SMARTS) is 2. The fourth-order valence-corrected chi connectivity index (χ4v) is 4.87. The molecule has 234 valence electrons. The van der Waals surface area contributed by atoms with E-state index in [1.165, 1.54) is 7.11 Å². The van der Waals surface area contributed by atoms with Gasteiger partial charge in [-0.15, -0.1) is 0 Å². The van der Waals surface area contributed by atoms with Gasteiger partial charge in [-0.3, -0.25) is 24.2 Å². The van der Waals surface area contributed by atoms with Crippen molar-refractivity contribution in [2.45, 2.75) is 50.5 Å². The molecule has 1 aliphatic rings. The summed E-state index contributed by atoms with van der Waals surface area (Å²) in [7, 11) is 5.05. The van der Waals surface area contributed by atoms with E-state index in [1.807, 2.05) is 18.9 Å². The maximum Gasteiger partial charge on any atom is 0.317 e. The molecule has 1 rings (SSSR count). The minimum atomic E-state index is -1.10. The molecule has 15 heteroatoms. The van der Waals surface area contributed by atoms with E-state index in [0.717, 1.165) is 5.75 Å². The topological polar surface area (TPSA) is 182 Å². The average molecular weight is 597 g/mol. The zero-order chi connectivity index (χ0) is 30.1. The third-order valence-electron chi connectivity index (χ3n) is 6.38. The number of nitrogens with zero attached hydrogens (tertiary/aromatic N) is 3. The fraction of sp³-hybridized carbons (Fsp3) is 0.880. The second-order valence-corrected chi connectivity index (χ2v) is 11.1. The number of hydrogen-bond acceptors (Lipinski definition) is 12. The maximum absolute atomic E-state index is 12.4. The van der Waals surface area contributed by atoms with Crippen LogP contribution in [0.4, 0.5) is 0 Å². The van der Waals surface area contributed by atoms with Gasteiger partial charge in [0, 0.05) is 52.2 Å². The van der Waals surface area contributed by atoms with Crippen LogP contribution < -0.4 is 5.32 Å². The predicted molar refractivity (Wildman–Crippen MR) is 149 cm³/mol. The molecule has 5 atom stereocenters. The minimum Gasteiger partial charge on any atom is -0.480 e. The lowest BCUT2D eigenvalue weighted by Crippen LogP contribution is -2.58. The van der Waals surface area contributed by atoms with Crippen LogP contribution in [0.1, 0.15) is 19.8 Å². The molecule has 14 nitrogen and oxygen atoms in total. The zero-order valence-electron chi connectivity index (χ0n) is 24.1. The quantitative estimate of drug-likeness (QED) is 0.0906. The summed E-state index contributed by atoms with van der Waals surface area (Å²) in [6, 6.07) is 0. The highest BCUT2D eigenvalue weighted by molar-refractivity contribution is 7.99. The average Bonchev–Trinajstić information content (AvgIpc) is 2.89. The van der Waals surface area contributed by atoms with E-state index in [4.69, 9.17) is 19.3 Å². The highest BCUT2D eigenvalue weighted by atomic mass is 32.2. The second-order valence-electron chi connectivity index (χ2n) is 9.86.